The van der Waals surface area contributed by atoms with Crippen molar-refractivity contribution in [3.63, 3.8) is 0 Å². The number of nitrogens with one attached hydrogen (secondary N) is 2. The lowest BCUT2D eigenvalue weighted by Gasteiger charge is -2.11. The van der Waals surface area contributed by atoms with Crippen molar-refractivity contribution in [2.75, 3.05) is 13.1 Å². The van der Waals surface area contributed by atoms with Gasteiger partial charge in [-0.15, -0.1) is 0 Å². The zero-order valence-electron chi connectivity index (χ0n) is 11.6. The van der Waals surface area contributed by atoms with Crippen LogP contribution in [0.4, 0.5) is 0 Å². The number of carbonyl (C=O) groups is 1. The molecule has 2 aromatic rings. The molecular formula is C16H17N3O2. The fraction of sp³-hybridized carbons (Fsp3) is 0.250. The number of pyridine rings is 1. The van der Waals surface area contributed by atoms with Gasteiger partial charge in [0.05, 0.1) is 6.20 Å². The minimum Gasteiger partial charge on any atom is -0.456 e. The molecule has 21 heavy (non-hydrogen) atoms. The van der Waals surface area contributed by atoms with E-state index in [1.165, 1.54) is 0 Å². The molecule has 0 saturated carbocycles. The summed E-state index contributed by atoms with van der Waals surface area (Å²) < 4.78 is 5.64. The van der Waals surface area contributed by atoms with E-state index in [0.717, 1.165) is 19.5 Å². The van der Waals surface area contributed by atoms with Crippen molar-refractivity contribution in [2.45, 2.75) is 12.5 Å². The Kier molecular flexibility index (Phi) is 4.12. The van der Waals surface area contributed by atoms with Crippen LogP contribution >= 0.6 is 0 Å². The van der Waals surface area contributed by atoms with E-state index >= 15 is 0 Å². The fourth-order valence-electron chi connectivity index (χ4n) is 2.26. The van der Waals surface area contributed by atoms with E-state index in [-0.39, 0.29) is 11.9 Å². The van der Waals surface area contributed by atoms with Crippen LogP contribution in [0.25, 0.3) is 0 Å². The van der Waals surface area contributed by atoms with Gasteiger partial charge in [-0.1, -0.05) is 0 Å². The van der Waals surface area contributed by atoms with E-state index in [4.69, 9.17) is 4.74 Å². The molecule has 0 bridgehead atoms. The zero-order chi connectivity index (χ0) is 14.5. The maximum atomic E-state index is 12.1. The largest absolute Gasteiger partial charge is 0.456 e. The molecular weight excluding hydrogens is 266 g/mol. The van der Waals surface area contributed by atoms with Gasteiger partial charge in [0.2, 0.25) is 0 Å². The molecule has 108 valence electrons. The molecule has 1 aliphatic heterocycles. The molecule has 1 amide bonds. The quantitative estimate of drug-likeness (QED) is 0.900. The second-order valence-corrected chi connectivity index (χ2v) is 4.98. The van der Waals surface area contributed by atoms with Gasteiger partial charge in [0, 0.05) is 24.3 Å². The van der Waals surface area contributed by atoms with Crippen LogP contribution in [0.2, 0.25) is 0 Å². The highest BCUT2D eigenvalue weighted by Gasteiger charge is 2.17. The minimum atomic E-state index is -0.0448. The van der Waals surface area contributed by atoms with Crippen molar-refractivity contribution in [2.24, 2.45) is 0 Å². The first-order valence-electron chi connectivity index (χ1n) is 7.01. The Bertz CT molecular complexity index is 593. The molecule has 1 aromatic heterocycles. The third-order valence-corrected chi connectivity index (χ3v) is 3.38. The van der Waals surface area contributed by atoms with E-state index < -0.39 is 0 Å². The number of rotatable bonds is 4. The van der Waals surface area contributed by atoms with E-state index in [9.17, 15) is 4.79 Å². The molecule has 1 aliphatic rings. The van der Waals surface area contributed by atoms with Gasteiger partial charge in [0.15, 0.2) is 0 Å². The van der Waals surface area contributed by atoms with Gasteiger partial charge in [0.1, 0.15) is 11.5 Å². The number of carbonyl (C=O) groups excluding carboxylic acids is 1. The Hall–Kier alpha value is -2.40. The van der Waals surface area contributed by atoms with Gasteiger partial charge in [-0.25, -0.2) is 0 Å². The fourth-order valence-corrected chi connectivity index (χ4v) is 2.26. The second kappa shape index (κ2) is 6.37. The average Bonchev–Trinajstić information content (AvgIpc) is 3.02. The van der Waals surface area contributed by atoms with Crippen LogP contribution in [0.15, 0.2) is 48.8 Å². The van der Waals surface area contributed by atoms with Crippen molar-refractivity contribution < 1.29 is 9.53 Å². The summed E-state index contributed by atoms with van der Waals surface area (Å²) in [7, 11) is 0. The highest BCUT2D eigenvalue weighted by molar-refractivity contribution is 5.94. The zero-order valence-corrected chi connectivity index (χ0v) is 11.6. The molecule has 2 N–H and O–H groups in total. The molecule has 1 atom stereocenters. The van der Waals surface area contributed by atoms with Crippen LogP contribution < -0.4 is 15.4 Å². The van der Waals surface area contributed by atoms with Crippen molar-refractivity contribution in [3.05, 3.63) is 54.4 Å². The van der Waals surface area contributed by atoms with Crippen molar-refractivity contribution in [1.29, 1.82) is 0 Å². The van der Waals surface area contributed by atoms with Crippen LogP contribution in [0.3, 0.4) is 0 Å². The number of aromatic nitrogens is 1. The Morgan fingerprint density at radius 2 is 2.10 bits per heavy atom. The van der Waals surface area contributed by atoms with Crippen molar-refractivity contribution in [3.8, 4) is 11.5 Å². The lowest BCUT2D eigenvalue weighted by atomic mass is 10.2. The third kappa shape index (κ3) is 3.58. The topological polar surface area (TPSA) is 63.2 Å². The average molecular weight is 283 g/mol. The number of hydrogen-bond acceptors (Lipinski definition) is 4. The summed E-state index contributed by atoms with van der Waals surface area (Å²) >= 11 is 0. The van der Waals surface area contributed by atoms with Crippen LogP contribution in [0, 0.1) is 0 Å². The molecule has 1 unspecified atom stereocenters. The molecule has 0 aliphatic carbocycles. The third-order valence-electron chi connectivity index (χ3n) is 3.38. The Morgan fingerprint density at radius 3 is 2.76 bits per heavy atom. The number of ether oxygens (including phenoxy) is 1. The SMILES string of the molecule is O=C(NC1CCNC1)c1ccc(Oc2cccnc2)cc1. The normalized spacial score (nSPS) is 17.4. The lowest BCUT2D eigenvalue weighted by Crippen LogP contribution is -2.36. The first kappa shape index (κ1) is 13.6. The standard InChI is InChI=1S/C16H17N3O2/c20-16(19-13-7-9-18-10-13)12-3-5-14(6-4-12)21-15-2-1-8-17-11-15/h1-6,8,11,13,18H,7,9-10H2,(H,19,20). The number of nitrogens with zero attached hydrogens (tertiary/aromatic N) is 1. The van der Waals surface area contributed by atoms with Gasteiger partial charge in [-0.05, 0) is 49.4 Å². The summed E-state index contributed by atoms with van der Waals surface area (Å²) in [6, 6.07) is 11.0. The van der Waals surface area contributed by atoms with E-state index in [0.29, 0.717) is 17.1 Å². The predicted molar refractivity (Wildman–Crippen MR) is 79.5 cm³/mol. The lowest BCUT2D eigenvalue weighted by molar-refractivity contribution is 0.0940. The van der Waals surface area contributed by atoms with Gasteiger partial charge in [-0.3, -0.25) is 9.78 Å². The maximum absolute atomic E-state index is 12.1. The first-order valence-corrected chi connectivity index (χ1v) is 7.01. The molecule has 0 spiro atoms. The van der Waals surface area contributed by atoms with Crippen LogP contribution in [0.5, 0.6) is 11.5 Å². The van der Waals surface area contributed by atoms with Crippen LogP contribution in [0.1, 0.15) is 16.8 Å². The van der Waals surface area contributed by atoms with Crippen molar-refractivity contribution in [1.82, 2.24) is 15.6 Å². The maximum Gasteiger partial charge on any atom is 0.251 e. The summed E-state index contributed by atoms with van der Waals surface area (Å²) in [4.78, 5) is 16.1. The van der Waals surface area contributed by atoms with Gasteiger partial charge in [-0.2, -0.15) is 0 Å². The summed E-state index contributed by atoms with van der Waals surface area (Å²) in [5.41, 5.74) is 0.639. The summed E-state index contributed by atoms with van der Waals surface area (Å²) in [6.07, 6.45) is 4.32. The molecule has 3 rings (SSSR count). The Balaban J connectivity index is 1.62. The predicted octanol–water partition coefficient (Wildman–Crippen LogP) is 1.97. The number of benzene rings is 1. The van der Waals surface area contributed by atoms with Gasteiger partial charge < -0.3 is 15.4 Å². The summed E-state index contributed by atoms with van der Waals surface area (Å²) in [5, 5.41) is 6.24. The number of amides is 1. The van der Waals surface area contributed by atoms with Crippen LogP contribution in [-0.2, 0) is 0 Å². The summed E-state index contributed by atoms with van der Waals surface area (Å²) in [5.74, 6) is 1.31. The highest BCUT2D eigenvalue weighted by Crippen LogP contribution is 2.20. The Labute approximate surface area is 123 Å². The van der Waals surface area contributed by atoms with E-state index in [1.807, 2.05) is 12.1 Å². The molecule has 1 aromatic carbocycles. The monoisotopic (exact) mass is 283 g/mol. The molecule has 0 radical (unpaired) electrons. The van der Waals surface area contributed by atoms with E-state index in [1.54, 1.807) is 36.7 Å². The van der Waals surface area contributed by atoms with Crippen molar-refractivity contribution >= 4 is 5.91 Å². The molecule has 1 saturated heterocycles. The first-order chi connectivity index (χ1) is 10.3. The second-order valence-electron chi connectivity index (χ2n) is 4.98. The minimum absolute atomic E-state index is 0.0448. The molecule has 2 heterocycles. The molecule has 5 heteroatoms. The van der Waals surface area contributed by atoms with Gasteiger partial charge >= 0.3 is 0 Å². The molecule has 1 fully saturated rings. The smallest absolute Gasteiger partial charge is 0.251 e. The highest BCUT2D eigenvalue weighted by atomic mass is 16.5. The van der Waals surface area contributed by atoms with E-state index in [2.05, 4.69) is 15.6 Å². The molecule has 5 nitrogen and oxygen atoms in total. The number of hydrogen-bond donors (Lipinski definition) is 2. The van der Waals surface area contributed by atoms with Gasteiger partial charge in [0.25, 0.3) is 5.91 Å². The summed E-state index contributed by atoms with van der Waals surface area (Å²) in [6.45, 7) is 1.80. The Morgan fingerprint density at radius 1 is 1.24 bits per heavy atom. The van der Waals surface area contributed by atoms with Crippen LogP contribution in [-0.4, -0.2) is 30.0 Å².